The van der Waals surface area contributed by atoms with Crippen molar-refractivity contribution >= 4 is 17.7 Å². The Kier molecular flexibility index (Phi) is 3.83. The third-order valence-electron chi connectivity index (χ3n) is 2.09. The fourth-order valence-corrected chi connectivity index (χ4v) is 2.18. The maximum absolute atomic E-state index is 10.5. The molecular formula is C11H11N3O3S. The van der Waals surface area contributed by atoms with E-state index in [-0.39, 0.29) is 12.3 Å². The van der Waals surface area contributed by atoms with E-state index < -0.39 is 5.97 Å². The predicted octanol–water partition coefficient (Wildman–Crippen LogP) is 1.36. The van der Waals surface area contributed by atoms with Gasteiger partial charge in [-0.25, -0.2) is 4.68 Å². The molecule has 0 unspecified atom stereocenters. The van der Waals surface area contributed by atoms with Gasteiger partial charge in [-0.3, -0.25) is 4.79 Å². The SMILES string of the molecule is O=C(O)Cn1cc(CSc2cccc(O)c2)nn1. The van der Waals surface area contributed by atoms with E-state index in [0.29, 0.717) is 11.4 Å². The van der Waals surface area contributed by atoms with Crippen LogP contribution in [0.15, 0.2) is 35.4 Å². The van der Waals surface area contributed by atoms with Crippen molar-refractivity contribution in [2.45, 2.75) is 17.2 Å². The number of hydrogen-bond donors (Lipinski definition) is 2. The smallest absolute Gasteiger partial charge is 0.325 e. The molecule has 1 aromatic carbocycles. The first kappa shape index (κ1) is 12.4. The van der Waals surface area contributed by atoms with Crippen LogP contribution in [0.25, 0.3) is 0 Å². The molecule has 1 heterocycles. The van der Waals surface area contributed by atoms with Gasteiger partial charge in [-0.1, -0.05) is 11.3 Å². The number of carboxylic acids is 1. The van der Waals surface area contributed by atoms with Crippen molar-refractivity contribution in [3.8, 4) is 5.75 Å². The molecule has 0 fully saturated rings. The number of rotatable bonds is 5. The molecule has 1 aromatic heterocycles. The Hall–Kier alpha value is -2.02. The lowest BCUT2D eigenvalue weighted by Gasteiger charge is -1.99. The first-order valence-electron chi connectivity index (χ1n) is 5.16. The third kappa shape index (κ3) is 3.49. The second-order valence-electron chi connectivity index (χ2n) is 3.59. The van der Waals surface area contributed by atoms with Crippen LogP contribution in [-0.4, -0.2) is 31.2 Å². The second-order valence-corrected chi connectivity index (χ2v) is 4.64. The summed E-state index contributed by atoms with van der Waals surface area (Å²) < 4.78 is 1.28. The van der Waals surface area contributed by atoms with Gasteiger partial charge in [0.25, 0.3) is 0 Å². The highest BCUT2D eigenvalue weighted by Gasteiger charge is 2.05. The lowest BCUT2D eigenvalue weighted by molar-refractivity contribution is -0.137. The minimum Gasteiger partial charge on any atom is -0.508 e. The highest BCUT2D eigenvalue weighted by molar-refractivity contribution is 7.98. The van der Waals surface area contributed by atoms with Crippen LogP contribution < -0.4 is 0 Å². The Bertz CT molecular complexity index is 556. The second kappa shape index (κ2) is 5.54. The average molecular weight is 265 g/mol. The van der Waals surface area contributed by atoms with Gasteiger partial charge in [-0.05, 0) is 18.2 Å². The van der Waals surface area contributed by atoms with E-state index in [1.807, 2.05) is 6.07 Å². The topological polar surface area (TPSA) is 88.2 Å². The van der Waals surface area contributed by atoms with Crippen molar-refractivity contribution < 1.29 is 15.0 Å². The Morgan fingerprint density at radius 3 is 3.00 bits per heavy atom. The first-order chi connectivity index (χ1) is 8.63. The number of carboxylic acid groups (broad SMARTS) is 1. The fraction of sp³-hybridized carbons (Fsp3) is 0.182. The summed E-state index contributed by atoms with van der Waals surface area (Å²) in [7, 11) is 0. The molecule has 6 nitrogen and oxygen atoms in total. The van der Waals surface area contributed by atoms with Crippen LogP contribution in [0.5, 0.6) is 5.75 Å². The van der Waals surface area contributed by atoms with Gasteiger partial charge in [0.05, 0.1) is 5.69 Å². The minimum atomic E-state index is -0.952. The molecule has 0 atom stereocenters. The summed E-state index contributed by atoms with van der Waals surface area (Å²) in [4.78, 5) is 11.4. The van der Waals surface area contributed by atoms with Crippen LogP contribution in [-0.2, 0) is 17.1 Å². The standard InChI is InChI=1S/C11H11N3O3S/c15-9-2-1-3-10(4-9)18-7-8-5-14(13-12-8)6-11(16)17/h1-5,15H,6-7H2,(H,16,17). The van der Waals surface area contributed by atoms with Crippen molar-refractivity contribution in [3.63, 3.8) is 0 Å². The van der Waals surface area contributed by atoms with Crippen molar-refractivity contribution in [1.82, 2.24) is 15.0 Å². The maximum Gasteiger partial charge on any atom is 0.325 e. The Morgan fingerprint density at radius 2 is 2.28 bits per heavy atom. The molecule has 0 aliphatic heterocycles. The molecular weight excluding hydrogens is 254 g/mol. The van der Waals surface area contributed by atoms with Gasteiger partial charge < -0.3 is 10.2 Å². The lowest BCUT2D eigenvalue weighted by Crippen LogP contribution is -2.08. The molecule has 7 heteroatoms. The van der Waals surface area contributed by atoms with Gasteiger partial charge >= 0.3 is 5.97 Å². The first-order valence-corrected chi connectivity index (χ1v) is 6.14. The number of aliphatic carboxylic acids is 1. The summed E-state index contributed by atoms with van der Waals surface area (Å²) in [6.45, 7) is -0.191. The van der Waals surface area contributed by atoms with Crippen LogP contribution >= 0.6 is 11.8 Å². The molecule has 0 saturated carbocycles. The molecule has 0 spiro atoms. The van der Waals surface area contributed by atoms with Crippen molar-refractivity contribution in [1.29, 1.82) is 0 Å². The summed E-state index contributed by atoms with van der Waals surface area (Å²) in [6.07, 6.45) is 1.60. The summed E-state index contributed by atoms with van der Waals surface area (Å²) >= 11 is 1.50. The van der Waals surface area contributed by atoms with Gasteiger partial charge in [-0.15, -0.1) is 16.9 Å². The maximum atomic E-state index is 10.5. The van der Waals surface area contributed by atoms with Gasteiger partial charge in [0, 0.05) is 16.8 Å². The summed E-state index contributed by atoms with van der Waals surface area (Å²) in [5.41, 5.74) is 0.699. The number of benzene rings is 1. The van der Waals surface area contributed by atoms with Gasteiger partial charge in [0.15, 0.2) is 0 Å². The normalized spacial score (nSPS) is 10.4. The molecule has 2 rings (SSSR count). The number of aromatic nitrogens is 3. The summed E-state index contributed by atoms with van der Waals surface area (Å²) in [6, 6.07) is 6.91. The number of nitrogens with zero attached hydrogens (tertiary/aromatic N) is 3. The molecule has 0 aliphatic carbocycles. The number of aromatic hydroxyl groups is 1. The van der Waals surface area contributed by atoms with Crippen LogP contribution in [0.4, 0.5) is 0 Å². The van der Waals surface area contributed by atoms with Crippen molar-refractivity contribution in [2.24, 2.45) is 0 Å². The van der Waals surface area contributed by atoms with Gasteiger partial charge in [0.2, 0.25) is 0 Å². The molecule has 0 radical (unpaired) electrons. The molecule has 0 bridgehead atoms. The Balaban J connectivity index is 1.94. The fourth-order valence-electron chi connectivity index (χ4n) is 1.35. The van der Waals surface area contributed by atoms with E-state index in [2.05, 4.69) is 10.3 Å². The van der Waals surface area contributed by atoms with Gasteiger partial charge in [0.1, 0.15) is 12.3 Å². The number of phenolic OH excluding ortho intramolecular Hbond substituents is 1. The van der Waals surface area contributed by atoms with Crippen LogP contribution in [0, 0.1) is 0 Å². The molecule has 18 heavy (non-hydrogen) atoms. The number of hydrogen-bond acceptors (Lipinski definition) is 5. The van der Waals surface area contributed by atoms with E-state index >= 15 is 0 Å². The molecule has 2 aromatic rings. The molecule has 94 valence electrons. The van der Waals surface area contributed by atoms with Crippen molar-refractivity contribution in [2.75, 3.05) is 0 Å². The number of phenols is 1. The third-order valence-corrected chi connectivity index (χ3v) is 3.12. The van der Waals surface area contributed by atoms with Gasteiger partial charge in [-0.2, -0.15) is 0 Å². The largest absolute Gasteiger partial charge is 0.508 e. The highest BCUT2D eigenvalue weighted by atomic mass is 32.2. The van der Waals surface area contributed by atoms with E-state index in [4.69, 9.17) is 5.11 Å². The average Bonchev–Trinajstić information content (AvgIpc) is 2.73. The zero-order valence-corrected chi connectivity index (χ0v) is 10.2. The predicted molar refractivity (Wildman–Crippen MR) is 65.3 cm³/mol. The molecule has 0 saturated heterocycles. The zero-order valence-electron chi connectivity index (χ0n) is 9.35. The zero-order chi connectivity index (χ0) is 13.0. The number of carbonyl (C=O) groups is 1. The number of thioether (sulfide) groups is 1. The molecule has 0 amide bonds. The van der Waals surface area contributed by atoms with Crippen LogP contribution in [0.3, 0.4) is 0 Å². The summed E-state index contributed by atoms with van der Waals surface area (Å²) in [5, 5.41) is 25.5. The Labute approximate surface area is 107 Å². The molecule has 2 N–H and O–H groups in total. The van der Waals surface area contributed by atoms with E-state index in [0.717, 1.165) is 4.90 Å². The van der Waals surface area contributed by atoms with E-state index in [9.17, 15) is 9.90 Å². The molecule has 0 aliphatic rings. The Morgan fingerprint density at radius 1 is 1.44 bits per heavy atom. The quantitative estimate of drug-likeness (QED) is 0.794. The minimum absolute atomic E-state index is 0.191. The lowest BCUT2D eigenvalue weighted by atomic mass is 10.3. The van der Waals surface area contributed by atoms with E-state index in [1.54, 1.807) is 24.4 Å². The summed E-state index contributed by atoms with van der Waals surface area (Å²) in [5.74, 6) is -0.162. The van der Waals surface area contributed by atoms with Crippen LogP contribution in [0.2, 0.25) is 0 Å². The monoisotopic (exact) mass is 265 g/mol. The van der Waals surface area contributed by atoms with Crippen molar-refractivity contribution in [3.05, 3.63) is 36.2 Å². The van der Waals surface area contributed by atoms with Crippen LogP contribution in [0.1, 0.15) is 5.69 Å². The highest BCUT2D eigenvalue weighted by Crippen LogP contribution is 2.24. The van der Waals surface area contributed by atoms with E-state index in [1.165, 1.54) is 16.4 Å².